The van der Waals surface area contributed by atoms with Crippen molar-refractivity contribution in [3.8, 4) is 5.75 Å². The lowest BCUT2D eigenvalue weighted by Crippen LogP contribution is -2.51. The number of likely N-dealkylation sites (tertiary alicyclic amines) is 2. The van der Waals surface area contributed by atoms with Crippen molar-refractivity contribution in [1.29, 1.82) is 0 Å². The summed E-state index contributed by atoms with van der Waals surface area (Å²) in [4.78, 5) is 16.2. The Morgan fingerprint density at radius 3 is 2.26 bits per heavy atom. The van der Waals surface area contributed by atoms with Gasteiger partial charge in [-0.3, -0.25) is 4.90 Å². The van der Waals surface area contributed by atoms with Gasteiger partial charge in [0.05, 0.1) is 21.0 Å². The lowest BCUT2D eigenvalue weighted by Gasteiger charge is -2.36. The first-order valence-electron chi connectivity index (χ1n) is 12.1. The third kappa shape index (κ3) is 7.49. The number of hydrogen-bond acceptors (Lipinski definition) is 6. The van der Waals surface area contributed by atoms with Crippen molar-refractivity contribution in [2.45, 2.75) is 62.2 Å². The van der Waals surface area contributed by atoms with E-state index in [0.717, 1.165) is 30.7 Å². The van der Waals surface area contributed by atoms with Crippen molar-refractivity contribution in [3.63, 3.8) is 0 Å². The molecule has 2 fully saturated rings. The van der Waals surface area contributed by atoms with Crippen LogP contribution in [-0.4, -0.2) is 68.0 Å². The Kier molecular flexibility index (Phi) is 8.36. The van der Waals surface area contributed by atoms with Gasteiger partial charge >= 0.3 is 12.5 Å². The van der Waals surface area contributed by atoms with Gasteiger partial charge in [-0.05, 0) is 69.2 Å². The predicted octanol–water partition coefficient (Wildman–Crippen LogP) is 5.61. The van der Waals surface area contributed by atoms with Gasteiger partial charge in [-0.15, -0.1) is 13.2 Å². The maximum absolute atomic E-state index is 13.3. The van der Waals surface area contributed by atoms with Crippen LogP contribution >= 0.6 is 23.2 Å². The minimum atomic E-state index is -4.90. The van der Waals surface area contributed by atoms with Crippen LogP contribution in [0, 0.1) is 0 Å². The molecule has 39 heavy (non-hydrogen) atoms. The average molecular weight is 610 g/mol. The molecule has 1 amide bonds. The monoisotopic (exact) mass is 609 g/mol. The number of amides is 1. The van der Waals surface area contributed by atoms with Crippen LogP contribution in [0.25, 0.3) is 0 Å². The van der Waals surface area contributed by atoms with Crippen molar-refractivity contribution in [3.05, 3.63) is 58.1 Å². The van der Waals surface area contributed by atoms with E-state index in [1.165, 1.54) is 0 Å². The fourth-order valence-corrected chi connectivity index (χ4v) is 6.29. The van der Waals surface area contributed by atoms with Crippen molar-refractivity contribution in [1.82, 2.24) is 14.5 Å². The van der Waals surface area contributed by atoms with E-state index < -0.39 is 33.8 Å². The quantitative estimate of drug-likeness (QED) is 0.439. The number of fused-ring (bicyclic) bond motifs is 2. The molecule has 2 heterocycles. The highest BCUT2D eigenvalue weighted by Gasteiger charge is 2.47. The van der Waals surface area contributed by atoms with Gasteiger partial charge in [0, 0.05) is 31.7 Å². The summed E-state index contributed by atoms with van der Waals surface area (Å²) in [7, 11) is -4.16. The lowest BCUT2D eigenvalue weighted by molar-refractivity contribution is -0.274. The van der Waals surface area contributed by atoms with E-state index in [4.69, 9.17) is 27.9 Å². The molecular weight excluding hydrogens is 582 g/mol. The van der Waals surface area contributed by atoms with Gasteiger partial charge in [0.25, 0.3) is 0 Å². The number of halogens is 5. The van der Waals surface area contributed by atoms with Gasteiger partial charge in [-0.1, -0.05) is 29.3 Å². The first kappa shape index (κ1) is 29.7. The summed E-state index contributed by atoms with van der Waals surface area (Å²) in [6.45, 7) is 6.63. The molecule has 214 valence electrons. The van der Waals surface area contributed by atoms with Crippen LogP contribution in [0.1, 0.15) is 38.8 Å². The number of sulfonamides is 1. The Bertz CT molecular complexity index is 1320. The molecule has 2 bridgehead atoms. The maximum Gasteiger partial charge on any atom is 0.573 e. The van der Waals surface area contributed by atoms with Crippen molar-refractivity contribution < 1.29 is 35.9 Å². The molecule has 4 rings (SSSR count). The van der Waals surface area contributed by atoms with Crippen LogP contribution in [-0.2, 0) is 14.8 Å². The molecule has 14 heteroatoms. The highest BCUT2D eigenvalue weighted by Crippen LogP contribution is 2.35. The fourth-order valence-electron chi connectivity index (χ4n) is 4.77. The number of nitrogens with zero attached hydrogens (tertiary/aromatic N) is 2. The number of carbonyl (C=O) groups is 1. The molecule has 2 aromatic rings. The summed E-state index contributed by atoms with van der Waals surface area (Å²) in [5, 5.41) is 0.543. The zero-order valence-electron chi connectivity index (χ0n) is 21.3. The van der Waals surface area contributed by atoms with E-state index in [-0.39, 0.29) is 34.6 Å². The number of benzene rings is 2. The van der Waals surface area contributed by atoms with Crippen LogP contribution in [0.4, 0.5) is 18.0 Å². The molecule has 3 unspecified atom stereocenters. The van der Waals surface area contributed by atoms with Gasteiger partial charge in [-0.25, -0.2) is 17.9 Å². The molecule has 3 atom stereocenters. The zero-order valence-corrected chi connectivity index (χ0v) is 23.7. The second kappa shape index (κ2) is 11.0. The summed E-state index contributed by atoms with van der Waals surface area (Å²) in [6, 6.07) is 7.86. The maximum atomic E-state index is 13.3. The molecule has 0 spiro atoms. The predicted molar refractivity (Wildman–Crippen MR) is 139 cm³/mol. The first-order chi connectivity index (χ1) is 18.0. The first-order valence-corrected chi connectivity index (χ1v) is 14.3. The molecular formula is C25H28Cl2F3N3O5S. The van der Waals surface area contributed by atoms with Crippen LogP contribution in [0.3, 0.4) is 0 Å². The van der Waals surface area contributed by atoms with Crippen molar-refractivity contribution >= 4 is 39.3 Å². The molecule has 0 saturated carbocycles. The molecule has 2 aliphatic heterocycles. The lowest BCUT2D eigenvalue weighted by atomic mass is 10.1. The summed E-state index contributed by atoms with van der Waals surface area (Å²) >= 11 is 12.3. The molecule has 1 N–H and O–H groups in total. The number of ether oxygens (including phenoxy) is 2. The highest BCUT2D eigenvalue weighted by molar-refractivity contribution is 7.89. The molecule has 8 nitrogen and oxygen atoms in total. The smallest absolute Gasteiger partial charge is 0.444 e. The van der Waals surface area contributed by atoms with Gasteiger partial charge in [0.1, 0.15) is 11.4 Å². The summed E-state index contributed by atoms with van der Waals surface area (Å²) in [6.07, 6.45) is -4.55. The van der Waals surface area contributed by atoms with Crippen molar-refractivity contribution in [2.75, 3.05) is 19.6 Å². The second-order valence-corrected chi connectivity index (χ2v) is 13.0. The third-order valence-corrected chi connectivity index (χ3v) is 8.64. The Hall–Kier alpha value is -2.25. The van der Waals surface area contributed by atoms with Crippen LogP contribution in [0.2, 0.25) is 10.0 Å². The summed E-state index contributed by atoms with van der Waals surface area (Å²) < 4.78 is 76.0. The van der Waals surface area contributed by atoms with E-state index in [1.54, 1.807) is 43.9 Å². The standard InChI is InChI=1S/C25H28Cl2F3N3O5S/c1-24(2,3)38-23(34)33-13-16-11-17(33)12-32(16)14-22(15-4-9-20(26)21(27)10-15)31-39(35,36)19-7-5-18(6-8-19)37-25(28,29)30/h4-10,16-17,22,31H,11-14H2,1-3H3. The Labute approximate surface area is 235 Å². The minimum absolute atomic E-state index is 0.00362. The Morgan fingerprint density at radius 2 is 1.72 bits per heavy atom. The molecule has 2 aromatic carbocycles. The van der Waals surface area contributed by atoms with Crippen LogP contribution < -0.4 is 9.46 Å². The number of carbonyl (C=O) groups excluding carboxylic acids is 1. The Balaban J connectivity index is 1.52. The van der Waals surface area contributed by atoms with E-state index in [0.29, 0.717) is 23.7 Å². The summed E-state index contributed by atoms with van der Waals surface area (Å²) in [5.74, 6) is -0.537. The van der Waals surface area contributed by atoms with Gasteiger partial charge in [0.15, 0.2) is 0 Å². The van der Waals surface area contributed by atoms with E-state index in [2.05, 4.69) is 14.4 Å². The van der Waals surface area contributed by atoms with E-state index in [9.17, 15) is 26.4 Å². The molecule has 0 radical (unpaired) electrons. The highest BCUT2D eigenvalue weighted by atomic mass is 35.5. The topological polar surface area (TPSA) is 88.2 Å². The fraction of sp³-hybridized carbons (Fsp3) is 0.480. The van der Waals surface area contributed by atoms with Gasteiger partial charge in [0.2, 0.25) is 10.0 Å². The molecule has 2 saturated heterocycles. The van der Waals surface area contributed by atoms with Crippen LogP contribution in [0.15, 0.2) is 47.4 Å². The normalized spacial score (nSPS) is 20.8. The molecule has 0 aromatic heterocycles. The number of hydrogen-bond donors (Lipinski definition) is 1. The number of alkyl halides is 3. The summed E-state index contributed by atoms with van der Waals surface area (Å²) in [5.41, 5.74) is -0.0656. The third-order valence-electron chi connectivity index (χ3n) is 6.41. The van der Waals surface area contributed by atoms with Crippen molar-refractivity contribution in [2.24, 2.45) is 0 Å². The molecule has 2 aliphatic rings. The number of rotatable bonds is 7. The number of piperazine rings is 1. The largest absolute Gasteiger partial charge is 0.573 e. The van der Waals surface area contributed by atoms with Gasteiger partial charge < -0.3 is 14.4 Å². The average Bonchev–Trinajstić information content (AvgIpc) is 3.39. The SMILES string of the molecule is CC(C)(C)OC(=O)N1CC2CC1CN2CC(NS(=O)(=O)c1ccc(OC(F)(F)F)cc1)c1ccc(Cl)c(Cl)c1. The van der Waals surface area contributed by atoms with Gasteiger partial charge in [-0.2, -0.15) is 0 Å². The Morgan fingerprint density at radius 1 is 1.05 bits per heavy atom. The zero-order chi connectivity index (χ0) is 28.8. The van der Waals surface area contributed by atoms with E-state index in [1.807, 2.05) is 0 Å². The minimum Gasteiger partial charge on any atom is -0.444 e. The van der Waals surface area contributed by atoms with Crippen LogP contribution in [0.5, 0.6) is 5.75 Å². The van der Waals surface area contributed by atoms with E-state index >= 15 is 0 Å². The number of nitrogens with one attached hydrogen (secondary N) is 1. The molecule has 0 aliphatic carbocycles. The second-order valence-electron chi connectivity index (χ2n) is 10.5.